The maximum atomic E-state index is 12.3. The molecule has 1 amide bonds. The fourth-order valence-electron chi connectivity index (χ4n) is 5.75. The van der Waals surface area contributed by atoms with Gasteiger partial charge in [-0.3, -0.25) is 0 Å². The second-order valence-electron chi connectivity index (χ2n) is 10.9. The Morgan fingerprint density at radius 1 is 1.09 bits per heavy atom. The smallest absolute Gasteiger partial charge is 0.410 e. The molecule has 1 aromatic carbocycles. The number of hydrogen-bond donors (Lipinski definition) is 0. The van der Waals surface area contributed by atoms with Crippen molar-refractivity contribution >= 4 is 6.09 Å². The first-order chi connectivity index (χ1) is 15.3. The molecule has 0 N–H and O–H groups in total. The molecule has 3 fully saturated rings. The Kier molecular flexibility index (Phi) is 7.01. The van der Waals surface area contributed by atoms with Gasteiger partial charge in [0.05, 0.1) is 6.61 Å². The van der Waals surface area contributed by atoms with Crippen LogP contribution in [-0.2, 0) is 9.47 Å². The summed E-state index contributed by atoms with van der Waals surface area (Å²) in [5.41, 5.74) is 1.24. The van der Waals surface area contributed by atoms with Crippen LogP contribution in [0.25, 0.3) is 0 Å². The molecule has 0 bridgehead atoms. The summed E-state index contributed by atoms with van der Waals surface area (Å²) in [6.07, 6.45) is 5.90. The summed E-state index contributed by atoms with van der Waals surface area (Å²) in [4.78, 5) is 16.9. The number of methoxy groups -OCH3 is 1. The van der Waals surface area contributed by atoms with E-state index in [0.29, 0.717) is 30.6 Å². The number of piperidine rings is 1. The molecule has 1 saturated carbocycles. The van der Waals surface area contributed by atoms with Crippen molar-refractivity contribution in [3.63, 3.8) is 0 Å². The number of para-hydroxylation sites is 1. The van der Waals surface area contributed by atoms with Crippen molar-refractivity contribution in [2.45, 2.75) is 70.4 Å². The molecular formula is C26H40N2O4. The Labute approximate surface area is 193 Å². The van der Waals surface area contributed by atoms with Crippen LogP contribution in [0.5, 0.6) is 5.75 Å². The van der Waals surface area contributed by atoms with Gasteiger partial charge in [-0.05, 0) is 83.5 Å². The first-order valence-corrected chi connectivity index (χ1v) is 12.2. The molecule has 178 valence electrons. The number of ether oxygens (including phenoxy) is 3. The van der Waals surface area contributed by atoms with Gasteiger partial charge >= 0.3 is 6.09 Å². The fourth-order valence-corrected chi connectivity index (χ4v) is 5.75. The van der Waals surface area contributed by atoms with E-state index in [2.05, 4.69) is 29.2 Å². The minimum absolute atomic E-state index is 0.154. The van der Waals surface area contributed by atoms with Crippen LogP contribution in [0.3, 0.4) is 0 Å². The maximum absolute atomic E-state index is 12.3. The van der Waals surface area contributed by atoms with Gasteiger partial charge in [0.1, 0.15) is 18.0 Å². The van der Waals surface area contributed by atoms with Gasteiger partial charge in [-0.15, -0.1) is 0 Å². The molecule has 0 aromatic heterocycles. The molecule has 1 aliphatic carbocycles. The lowest BCUT2D eigenvalue weighted by molar-refractivity contribution is -0.0347. The normalized spacial score (nSPS) is 23.9. The lowest BCUT2D eigenvalue weighted by Crippen LogP contribution is -2.58. The number of rotatable bonds is 6. The van der Waals surface area contributed by atoms with Crippen molar-refractivity contribution in [3.8, 4) is 5.75 Å². The average Bonchev–Trinajstić information content (AvgIpc) is 3.18. The molecule has 1 aromatic rings. The molecule has 0 unspecified atom stereocenters. The van der Waals surface area contributed by atoms with Crippen molar-refractivity contribution in [3.05, 3.63) is 29.8 Å². The van der Waals surface area contributed by atoms with Crippen molar-refractivity contribution in [2.75, 3.05) is 46.5 Å². The molecule has 32 heavy (non-hydrogen) atoms. The molecule has 2 aliphatic heterocycles. The minimum Gasteiger partial charge on any atom is -0.491 e. The average molecular weight is 445 g/mol. The number of nitrogens with zero attached hydrogens (tertiary/aromatic N) is 2. The van der Waals surface area contributed by atoms with Crippen LogP contribution in [0.4, 0.5) is 4.79 Å². The molecule has 2 heterocycles. The maximum Gasteiger partial charge on any atom is 0.410 e. The number of amides is 1. The summed E-state index contributed by atoms with van der Waals surface area (Å²) in [5.74, 6) is 1.58. The van der Waals surface area contributed by atoms with Gasteiger partial charge in [0.15, 0.2) is 0 Å². The summed E-state index contributed by atoms with van der Waals surface area (Å²) in [6.45, 7) is 11.0. The Bertz CT molecular complexity index is 776. The van der Waals surface area contributed by atoms with Crippen LogP contribution >= 0.6 is 0 Å². The predicted molar refractivity (Wildman–Crippen MR) is 125 cm³/mol. The molecule has 2 saturated heterocycles. The summed E-state index contributed by atoms with van der Waals surface area (Å²) in [7, 11) is 1.71. The Hall–Kier alpha value is -1.79. The summed E-state index contributed by atoms with van der Waals surface area (Å²) >= 11 is 0. The monoisotopic (exact) mass is 444 g/mol. The largest absolute Gasteiger partial charge is 0.491 e. The predicted octanol–water partition coefficient (Wildman–Crippen LogP) is 4.68. The third-order valence-corrected chi connectivity index (χ3v) is 7.33. The molecule has 6 nitrogen and oxygen atoms in total. The van der Waals surface area contributed by atoms with E-state index in [-0.39, 0.29) is 6.09 Å². The third kappa shape index (κ3) is 5.40. The van der Waals surface area contributed by atoms with Gasteiger partial charge in [-0.1, -0.05) is 18.2 Å². The minimum atomic E-state index is -0.421. The Morgan fingerprint density at radius 2 is 1.81 bits per heavy atom. The van der Waals surface area contributed by atoms with E-state index in [1.807, 2.05) is 25.7 Å². The quantitative estimate of drug-likeness (QED) is 0.596. The van der Waals surface area contributed by atoms with Gasteiger partial charge in [0.2, 0.25) is 0 Å². The van der Waals surface area contributed by atoms with Crippen LogP contribution in [-0.4, -0.2) is 74.0 Å². The van der Waals surface area contributed by atoms with Crippen molar-refractivity contribution in [1.29, 1.82) is 0 Å². The lowest BCUT2D eigenvalue weighted by atomic mass is 9.78. The zero-order chi connectivity index (χ0) is 22.8. The number of likely N-dealkylation sites (tertiary alicyclic amines) is 2. The number of carbonyl (C=O) groups excluding carboxylic acids is 1. The van der Waals surface area contributed by atoms with E-state index in [1.165, 1.54) is 37.7 Å². The van der Waals surface area contributed by atoms with Gasteiger partial charge in [0.25, 0.3) is 0 Å². The second-order valence-corrected chi connectivity index (χ2v) is 10.9. The van der Waals surface area contributed by atoms with Crippen molar-refractivity contribution in [1.82, 2.24) is 9.80 Å². The van der Waals surface area contributed by atoms with Crippen LogP contribution in [0, 0.1) is 5.41 Å². The molecule has 1 atom stereocenters. The molecule has 4 rings (SSSR count). The molecule has 6 heteroatoms. The molecule has 3 aliphatic rings. The second kappa shape index (κ2) is 9.60. The van der Waals surface area contributed by atoms with Crippen LogP contribution in [0.2, 0.25) is 0 Å². The zero-order valence-electron chi connectivity index (χ0n) is 20.3. The first kappa shape index (κ1) is 23.4. The zero-order valence-corrected chi connectivity index (χ0v) is 20.3. The lowest BCUT2D eigenvalue weighted by Gasteiger charge is -2.48. The molecule has 1 spiro atoms. The van der Waals surface area contributed by atoms with Gasteiger partial charge in [-0.25, -0.2) is 4.79 Å². The van der Waals surface area contributed by atoms with Gasteiger partial charge in [-0.2, -0.15) is 0 Å². The van der Waals surface area contributed by atoms with E-state index in [0.717, 1.165) is 31.9 Å². The van der Waals surface area contributed by atoms with E-state index in [1.54, 1.807) is 7.11 Å². The standard InChI is InChI=1S/C26H40N2O4/c1-25(2,3)32-24(29)28-18-26(19-28)12-9-21(17-26)27-13-10-20(11-14-27)22-7-5-6-8-23(22)31-16-15-30-4/h5-8,20-21H,9-19H2,1-4H3/t21-/m1/s1. The number of carbonyl (C=O) groups is 1. The summed E-state index contributed by atoms with van der Waals surface area (Å²) in [5, 5.41) is 0. The van der Waals surface area contributed by atoms with Crippen molar-refractivity contribution in [2.24, 2.45) is 5.41 Å². The van der Waals surface area contributed by atoms with Crippen molar-refractivity contribution < 1.29 is 19.0 Å². The van der Waals surface area contributed by atoms with E-state index in [9.17, 15) is 4.79 Å². The highest BCUT2D eigenvalue weighted by atomic mass is 16.6. The summed E-state index contributed by atoms with van der Waals surface area (Å²) < 4.78 is 16.7. The SMILES string of the molecule is COCCOc1ccccc1C1CCN([C@@H]2CCC3(C2)CN(C(=O)OC(C)(C)C)C3)CC1. The van der Waals surface area contributed by atoms with E-state index >= 15 is 0 Å². The molecular weight excluding hydrogens is 404 g/mol. The Morgan fingerprint density at radius 3 is 2.50 bits per heavy atom. The highest BCUT2D eigenvalue weighted by Crippen LogP contribution is 2.48. The summed E-state index contributed by atoms with van der Waals surface area (Å²) in [6, 6.07) is 9.15. The number of hydrogen-bond acceptors (Lipinski definition) is 5. The van der Waals surface area contributed by atoms with Crippen LogP contribution in [0.15, 0.2) is 24.3 Å². The van der Waals surface area contributed by atoms with Crippen LogP contribution < -0.4 is 4.74 Å². The fraction of sp³-hybridized carbons (Fsp3) is 0.731. The Balaban J connectivity index is 1.25. The van der Waals surface area contributed by atoms with Gasteiger partial charge in [0, 0.05) is 31.7 Å². The highest BCUT2D eigenvalue weighted by Gasteiger charge is 2.51. The molecule has 0 radical (unpaired) electrons. The van der Waals surface area contributed by atoms with Gasteiger partial charge < -0.3 is 24.0 Å². The van der Waals surface area contributed by atoms with E-state index in [4.69, 9.17) is 14.2 Å². The first-order valence-electron chi connectivity index (χ1n) is 12.2. The van der Waals surface area contributed by atoms with Crippen LogP contribution in [0.1, 0.15) is 64.4 Å². The highest BCUT2D eigenvalue weighted by molar-refractivity contribution is 5.69. The van der Waals surface area contributed by atoms with E-state index < -0.39 is 5.60 Å². The number of benzene rings is 1. The topological polar surface area (TPSA) is 51.2 Å². The third-order valence-electron chi connectivity index (χ3n) is 7.33.